The van der Waals surface area contributed by atoms with Crippen molar-refractivity contribution in [3.05, 3.63) is 0 Å². The molecule has 0 bridgehead atoms. The van der Waals surface area contributed by atoms with Crippen molar-refractivity contribution in [3.63, 3.8) is 0 Å². The molecule has 3 spiro atoms. The fourth-order valence-electron chi connectivity index (χ4n) is 7.44. The third-order valence-corrected chi connectivity index (χ3v) is 9.99. The molecule has 0 N–H and O–H groups in total. The lowest BCUT2D eigenvalue weighted by Gasteiger charge is -2.45. The van der Waals surface area contributed by atoms with Gasteiger partial charge in [-0.05, 0) is 93.3 Å². The summed E-state index contributed by atoms with van der Waals surface area (Å²) in [6.45, 7) is 0. The summed E-state index contributed by atoms with van der Waals surface area (Å²) in [7, 11) is 0. The zero-order valence-corrected chi connectivity index (χ0v) is 18.5. The molecule has 0 saturated heterocycles. The van der Waals surface area contributed by atoms with Crippen molar-refractivity contribution in [2.24, 2.45) is 16.2 Å². The summed E-state index contributed by atoms with van der Waals surface area (Å²) in [5.41, 5.74) is 2.70. The molecule has 0 nitrogen and oxygen atoms in total. The minimum Gasteiger partial charge on any atom is -0.0533 e. The van der Waals surface area contributed by atoms with Crippen molar-refractivity contribution in [1.82, 2.24) is 0 Å². The van der Waals surface area contributed by atoms with Crippen LogP contribution in [0.4, 0.5) is 0 Å². The highest BCUT2D eigenvalue weighted by atomic mass is 14.4. The maximum absolute atomic E-state index is 1.56. The minimum atomic E-state index is 0.885. The molecule has 0 aromatic carbocycles. The van der Waals surface area contributed by atoms with E-state index in [9.17, 15) is 0 Å². The average Bonchev–Trinajstić information content (AvgIpc) is 3.00. The summed E-state index contributed by atoms with van der Waals surface area (Å²) in [4.78, 5) is 0. The third kappa shape index (κ3) is 5.14. The van der Waals surface area contributed by atoms with Gasteiger partial charge in [-0.25, -0.2) is 0 Å². The van der Waals surface area contributed by atoms with E-state index in [4.69, 9.17) is 0 Å². The summed E-state index contributed by atoms with van der Waals surface area (Å²) in [6, 6.07) is 0. The summed E-state index contributed by atoms with van der Waals surface area (Å²) >= 11 is 0. The maximum Gasteiger partial charge on any atom is -0.0297 e. The van der Waals surface area contributed by atoms with Crippen LogP contribution in [0.5, 0.6) is 0 Å². The van der Waals surface area contributed by atoms with Gasteiger partial charge in [0.2, 0.25) is 0 Å². The first-order valence-electron chi connectivity index (χ1n) is 13.2. The van der Waals surface area contributed by atoms with Gasteiger partial charge < -0.3 is 0 Å². The molecule has 0 aromatic rings. The quantitative estimate of drug-likeness (QED) is 0.397. The fourth-order valence-corrected chi connectivity index (χ4v) is 7.44. The molecule has 27 heavy (non-hydrogen) atoms. The van der Waals surface area contributed by atoms with Crippen LogP contribution in [0.25, 0.3) is 0 Å². The lowest BCUT2D eigenvalue weighted by Crippen LogP contribution is -2.31. The lowest BCUT2D eigenvalue weighted by atomic mass is 9.61. The van der Waals surface area contributed by atoms with Gasteiger partial charge >= 0.3 is 0 Å². The normalized spacial score (nSPS) is 32.0. The van der Waals surface area contributed by atoms with E-state index >= 15 is 0 Å². The largest absolute Gasteiger partial charge is 0.0533 e. The SMILES string of the molecule is C1CCC2(C1)CCC2.C1CCC2(CC1)CCC2.C1CCCC2(CC1)CCC2. The van der Waals surface area contributed by atoms with Crippen LogP contribution in [0.3, 0.4) is 0 Å². The van der Waals surface area contributed by atoms with Crippen LogP contribution in [0, 0.1) is 16.2 Å². The van der Waals surface area contributed by atoms with Gasteiger partial charge in [-0.3, -0.25) is 0 Å². The number of rotatable bonds is 0. The first-order valence-corrected chi connectivity index (χ1v) is 13.2. The second-order valence-electron chi connectivity index (χ2n) is 11.7. The van der Waals surface area contributed by atoms with Crippen molar-refractivity contribution < 1.29 is 0 Å². The van der Waals surface area contributed by atoms with Gasteiger partial charge in [0.1, 0.15) is 0 Å². The van der Waals surface area contributed by atoms with Crippen LogP contribution in [0.15, 0.2) is 0 Å². The number of hydrogen-bond donors (Lipinski definition) is 0. The number of hydrogen-bond acceptors (Lipinski definition) is 0. The highest BCUT2D eigenvalue weighted by Gasteiger charge is 2.39. The van der Waals surface area contributed by atoms with E-state index in [1.54, 1.807) is 77.0 Å². The molecule has 0 aliphatic heterocycles. The highest BCUT2D eigenvalue weighted by molar-refractivity contribution is 4.91. The van der Waals surface area contributed by atoms with Crippen molar-refractivity contribution in [2.45, 2.75) is 154 Å². The molecule has 156 valence electrons. The molecule has 0 aromatic heterocycles. The van der Waals surface area contributed by atoms with Crippen LogP contribution in [0.2, 0.25) is 0 Å². The van der Waals surface area contributed by atoms with E-state index in [1.165, 1.54) is 77.0 Å². The van der Waals surface area contributed by atoms with E-state index in [0.29, 0.717) is 0 Å². The van der Waals surface area contributed by atoms with Crippen LogP contribution in [-0.4, -0.2) is 0 Å². The molecule has 6 fully saturated rings. The monoisotopic (exact) mass is 372 g/mol. The van der Waals surface area contributed by atoms with E-state index in [0.717, 1.165) is 16.2 Å². The summed E-state index contributed by atoms with van der Waals surface area (Å²) in [5.74, 6) is 0. The van der Waals surface area contributed by atoms with Gasteiger partial charge in [-0.1, -0.05) is 77.0 Å². The molecule has 0 heteroatoms. The van der Waals surface area contributed by atoms with Crippen molar-refractivity contribution in [3.8, 4) is 0 Å². The van der Waals surface area contributed by atoms with Gasteiger partial charge in [0, 0.05) is 0 Å². The van der Waals surface area contributed by atoms with E-state index in [1.807, 2.05) is 0 Å². The summed E-state index contributed by atoms with van der Waals surface area (Å²) < 4.78 is 0. The maximum atomic E-state index is 1.56. The molecule has 6 aliphatic rings. The van der Waals surface area contributed by atoms with Gasteiger partial charge in [0.25, 0.3) is 0 Å². The standard InChI is InChI=1S/C10H18.C9H16.C8H14/c1-2-4-7-10(6-3-1)8-5-9-10;1-2-5-9(6-3-1)7-4-8-9;1-2-5-8(4-1)6-3-7-8/h1-9H2;1-8H2;1-7H2. The van der Waals surface area contributed by atoms with Gasteiger partial charge in [-0.2, -0.15) is 0 Å². The molecule has 0 radical (unpaired) electrons. The Hall–Kier alpha value is 0. The van der Waals surface area contributed by atoms with Crippen molar-refractivity contribution >= 4 is 0 Å². The van der Waals surface area contributed by atoms with Gasteiger partial charge in [0.05, 0.1) is 0 Å². The van der Waals surface area contributed by atoms with E-state index in [-0.39, 0.29) is 0 Å². The first-order chi connectivity index (χ1) is 13.2. The molecule has 6 saturated carbocycles. The molecule has 0 heterocycles. The lowest BCUT2D eigenvalue weighted by molar-refractivity contribution is 0.0775. The summed E-state index contributed by atoms with van der Waals surface area (Å²) in [6.07, 6.45) is 37.0. The van der Waals surface area contributed by atoms with Crippen LogP contribution >= 0.6 is 0 Å². The molecule has 0 unspecified atom stereocenters. The molecular weight excluding hydrogens is 324 g/mol. The topological polar surface area (TPSA) is 0 Å². The third-order valence-electron chi connectivity index (χ3n) is 9.99. The first kappa shape index (κ1) is 20.3. The van der Waals surface area contributed by atoms with Crippen molar-refractivity contribution in [1.29, 1.82) is 0 Å². The highest BCUT2D eigenvalue weighted by Crippen LogP contribution is 2.53. The fraction of sp³-hybridized carbons (Fsp3) is 1.00. The molecule has 6 rings (SSSR count). The Kier molecular flexibility index (Phi) is 6.92. The van der Waals surface area contributed by atoms with Crippen LogP contribution in [-0.2, 0) is 0 Å². The Balaban J connectivity index is 0.000000101. The zero-order valence-electron chi connectivity index (χ0n) is 18.5. The van der Waals surface area contributed by atoms with Crippen LogP contribution < -0.4 is 0 Å². The molecule has 0 atom stereocenters. The van der Waals surface area contributed by atoms with E-state index in [2.05, 4.69) is 0 Å². The second-order valence-corrected chi connectivity index (χ2v) is 11.7. The minimum absolute atomic E-state index is 0.885. The Morgan fingerprint density at radius 1 is 0.185 bits per heavy atom. The smallest absolute Gasteiger partial charge is 0.0297 e. The average molecular weight is 373 g/mol. The predicted octanol–water partition coefficient (Wildman–Crippen LogP) is 9.36. The second kappa shape index (κ2) is 9.21. The van der Waals surface area contributed by atoms with Gasteiger partial charge in [0.15, 0.2) is 0 Å². The summed E-state index contributed by atoms with van der Waals surface area (Å²) in [5, 5.41) is 0. The predicted molar refractivity (Wildman–Crippen MR) is 118 cm³/mol. The van der Waals surface area contributed by atoms with E-state index < -0.39 is 0 Å². The molecule has 6 aliphatic carbocycles. The molecular formula is C27H48. The van der Waals surface area contributed by atoms with Crippen molar-refractivity contribution in [2.75, 3.05) is 0 Å². The zero-order chi connectivity index (χ0) is 18.5. The Bertz CT molecular complexity index is 409. The molecule has 0 amide bonds. The van der Waals surface area contributed by atoms with Crippen LogP contribution in [0.1, 0.15) is 154 Å². The van der Waals surface area contributed by atoms with Gasteiger partial charge in [-0.15, -0.1) is 0 Å². The Morgan fingerprint density at radius 3 is 0.593 bits per heavy atom. The Labute approximate surface area is 170 Å². The Morgan fingerprint density at radius 2 is 0.370 bits per heavy atom.